The second-order valence-electron chi connectivity index (χ2n) is 5.09. The van der Waals surface area contributed by atoms with E-state index in [1.165, 1.54) is 16.3 Å². The van der Waals surface area contributed by atoms with E-state index in [9.17, 15) is 0 Å². The first-order valence-electron chi connectivity index (χ1n) is 7.28. The van der Waals surface area contributed by atoms with Crippen LogP contribution < -0.4 is 5.32 Å². The number of aryl methyl sites for hydroxylation is 1. The summed E-state index contributed by atoms with van der Waals surface area (Å²) in [5, 5.41) is 5.59. The molecular formula is C18H19N3. The van der Waals surface area contributed by atoms with Gasteiger partial charge in [0.25, 0.3) is 0 Å². The van der Waals surface area contributed by atoms with E-state index < -0.39 is 0 Å². The van der Waals surface area contributed by atoms with Crippen LogP contribution in [0.4, 0.5) is 5.82 Å². The molecular weight excluding hydrogens is 258 g/mol. The van der Waals surface area contributed by atoms with Crippen molar-refractivity contribution < 1.29 is 0 Å². The van der Waals surface area contributed by atoms with Crippen LogP contribution in [0.3, 0.4) is 0 Å². The van der Waals surface area contributed by atoms with Crippen molar-refractivity contribution in [2.45, 2.75) is 20.3 Å². The molecule has 2 aromatic carbocycles. The minimum Gasteiger partial charge on any atom is -0.373 e. The fourth-order valence-corrected chi connectivity index (χ4v) is 2.77. The van der Waals surface area contributed by atoms with Crippen LogP contribution in [0.5, 0.6) is 0 Å². The van der Waals surface area contributed by atoms with Gasteiger partial charge in [0, 0.05) is 23.9 Å². The highest BCUT2D eigenvalue weighted by atomic mass is 15.0. The molecule has 3 rings (SSSR count). The Labute approximate surface area is 125 Å². The first kappa shape index (κ1) is 13.6. The Bertz CT molecular complexity index is 788. The van der Waals surface area contributed by atoms with Crippen LogP contribution in [-0.2, 0) is 6.42 Å². The summed E-state index contributed by atoms with van der Waals surface area (Å²) in [6.07, 6.45) is 0.928. The van der Waals surface area contributed by atoms with Gasteiger partial charge in [-0.05, 0) is 24.1 Å². The second kappa shape index (κ2) is 5.52. The first-order chi connectivity index (χ1) is 10.2. The number of nitrogens with zero attached hydrogens (tertiary/aromatic N) is 2. The van der Waals surface area contributed by atoms with Crippen LogP contribution in [0.25, 0.3) is 22.2 Å². The number of hydrogen-bond donors (Lipinski definition) is 1. The zero-order valence-corrected chi connectivity index (χ0v) is 12.6. The lowest BCUT2D eigenvalue weighted by Gasteiger charge is -2.12. The van der Waals surface area contributed by atoms with E-state index in [-0.39, 0.29) is 0 Å². The van der Waals surface area contributed by atoms with Crippen molar-refractivity contribution in [3.63, 3.8) is 0 Å². The fourth-order valence-electron chi connectivity index (χ4n) is 2.77. The van der Waals surface area contributed by atoms with E-state index in [2.05, 4.69) is 61.6 Å². The van der Waals surface area contributed by atoms with Crippen molar-refractivity contribution in [3.05, 3.63) is 53.7 Å². The Morgan fingerprint density at radius 3 is 2.52 bits per heavy atom. The van der Waals surface area contributed by atoms with Gasteiger partial charge >= 0.3 is 0 Å². The molecule has 0 unspecified atom stereocenters. The molecule has 1 aromatic heterocycles. The van der Waals surface area contributed by atoms with E-state index in [4.69, 9.17) is 9.97 Å². The third-order valence-corrected chi connectivity index (χ3v) is 3.83. The molecule has 3 aromatic rings. The number of fused-ring (bicyclic) bond motifs is 1. The molecule has 0 bridgehead atoms. The third-order valence-electron chi connectivity index (χ3n) is 3.83. The molecule has 0 aliphatic rings. The number of rotatable bonds is 3. The molecule has 3 nitrogen and oxygen atoms in total. The van der Waals surface area contributed by atoms with Crippen LogP contribution in [0, 0.1) is 6.92 Å². The highest BCUT2D eigenvalue weighted by Crippen LogP contribution is 2.28. The molecule has 1 heterocycles. The normalized spacial score (nSPS) is 10.8. The summed E-state index contributed by atoms with van der Waals surface area (Å²) >= 11 is 0. The monoisotopic (exact) mass is 277 g/mol. The van der Waals surface area contributed by atoms with Gasteiger partial charge in [-0.3, -0.25) is 0 Å². The summed E-state index contributed by atoms with van der Waals surface area (Å²) in [6, 6.07) is 14.6. The van der Waals surface area contributed by atoms with Gasteiger partial charge in [-0.2, -0.15) is 0 Å². The molecule has 0 atom stereocenters. The van der Waals surface area contributed by atoms with Gasteiger partial charge < -0.3 is 5.32 Å². The SMILES string of the molecule is CCc1c(C)nc(-c2cccc3ccccc23)nc1NC. The van der Waals surface area contributed by atoms with Gasteiger partial charge in [-0.1, -0.05) is 49.4 Å². The van der Waals surface area contributed by atoms with Gasteiger partial charge in [-0.25, -0.2) is 9.97 Å². The molecule has 0 fully saturated rings. The molecule has 0 radical (unpaired) electrons. The lowest BCUT2D eigenvalue weighted by atomic mass is 10.0. The Hall–Kier alpha value is -2.42. The molecule has 0 aliphatic heterocycles. The molecule has 1 N–H and O–H groups in total. The Kier molecular flexibility index (Phi) is 3.57. The summed E-state index contributed by atoms with van der Waals surface area (Å²) in [4.78, 5) is 9.44. The molecule has 0 amide bonds. The minimum atomic E-state index is 0.783. The third kappa shape index (κ3) is 2.35. The Morgan fingerprint density at radius 2 is 1.76 bits per heavy atom. The number of aromatic nitrogens is 2. The van der Waals surface area contributed by atoms with Crippen molar-refractivity contribution in [2.75, 3.05) is 12.4 Å². The van der Waals surface area contributed by atoms with Crippen molar-refractivity contribution in [1.82, 2.24) is 9.97 Å². The molecule has 3 heteroatoms. The summed E-state index contributed by atoms with van der Waals surface area (Å²) in [5.74, 6) is 1.71. The van der Waals surface area contributed by atoms with Crippen molar-refractivity contribution in [2.24, 2.45) is 0 Å². The topological polar surface area (TPSA) is 37.8 Å². The maximum Gasteiger partial charge on any atom is 0.162 e. The molecule has 0 saturated carbocycles. The maximum absolute atomic E-state index is 4.72. The summed E-state index contributed by atoms with van der Waals surface area (Å²) in [5.41, 5.74) is 3.30. The van der Waals surface area contributed by atoms with Gasteiger partial charge in [-0.15, -0.1) is 0 Å². The van der Waals surface area contributed by atoms with Gasteiger partial charge in [0.15, 0.2) is 5.82 Å². The van der Waals surface area contributed by atoms with Gasteiger partial charge in [0.2, 0.25) is 0 Å². The molecule has 0 aliphatic carbocycles. The van der Waals surface area contributed by atoms with Crippen LogP contribution in [-0.4, -0.2) is 17.0 Å². The molecule has 0 spiro atoms. The van der Waals surface area contributed by atoms with E-state index >= 15 is 0 Å². The van der Waals surface area contributed by atoms with Crippen LogP contribution in [0.2, 0.25) is 0 Å². The van der Waals surface area contributed by atoms with Gasteiger partial charge in [0.05, 0.1) is 0 Å². The second-order valence-corrected chi connectivity index (χ2v) is 5.09. The minimum absolute atomic E-state index is 0.783. The fraction of sp³-hybridized carbons (Fsp3) is 0.222. The van der Waals surface area contributed by atoms with Crippen molar-refractivity contribution >= 4 is 16.6 Å². The quantitative estimate of drug-likeness (QED) is 0.779. The highest BCUT2D eigenvalue weighted by molar-refractivity contribution is 5.95. The Morgan fingerprint density at radius 1 is 1.00 bits per heavy atom. The van der Waals surface area contributed by atoms with Crippen LogP contribution in [0.15, 0.2) is 42.5 Å². The maximum atomic E-state index is 4.72. The number of benzene rings is 2. The van der Waals surface area contributed by atoms with Crippen molar-refractivity contribution in [1.29, 1.82) is 0 Å². The van der Waals surface area contributed by atoms with E-state index in [0.717, 1.165) is 29.3 Å². The van der Waals surface area contributed by atoms with Crippen molar-refractivity contribution in [3.8, 4) is 11.4 Å². The molecule has 0 saturated heterocycles. The summed E-state index contributed by atoms with van der Waals surface area (Å²) in [6.45, 7) is 4.18. The van der Waals surface area contributed by atoms with E-state index in [1.54, 1.807) is 0 Å². The average molecular weight is 277 g/mol. The number of anilines is 1. The predicted molar refractivity (Wildman–Crippen MR) is 88.6 cm³/mol. The standard InChI is InChI=1S/C18H19N3/c1-4-14-12(2)20-18(21-17(14)19-3)16-11-7-9-13-8-5-6-10-15(13)16/h5-11H,4H2,1-3H3,(H,19,20,21). The lowest BCUT2D eigenvalue weighted by molar-refractivity contribution is 1.00. The summed E-state index contributed by atoms with van der Waals surface area (Å²) in [7, 11) is 1.91. The van der Waals surface area contributed by atoms with Crippen LogP contribution >= 0.6 is 0 Å². The van der Waals surface area contributed by atoms with Gasteiger partial charge in [0.1, 0.15) is 5.82 Å². The molecule has 106 valence electrons. The average Bonchev–Trinajstić information content (AvgIpc) is 2.53. The Balaban J connectivity index is 2.26. The highest BCUT2D eigenvalue weighted by Gasteiger charge is 2.12. The van der Waals surface area contributed by atoms with Crippen LogP contribution in [0.1, 0.15) is 18.2 Å². The molecule has 21 heavy (non-hydrogen) atoms. The first-order valence-corrected chi connectivity index (χ1v) is 7.28. The largest absolute Gasteiger partial charge is 0.373 e. The van der Waals surface area contributed by atoms with E-state index in [0.29, 0.717) is 0 Å². The zero-order chi connectivity index (χ0) is 14.8. The number of nitrogens with one attached hydrogen (secondary N) is 1. The predicted octanol–water partition coefficient (Wildman–Crippen LogP) is 4.21. The zero-order valence-electron chi connectivity index (χ0n) is 12.6. The number of hydrogen-bond acceptors (Lipinski definition) is 3. The summed E-state index contributed by atoms with van der Waals surface area (Å²) < 4.78 is 0. The lowest BCUT2D eigenvalue weighted by Crippen LogP contribution is -2.05. The smallest absolute Gasteiger partial charge is 0.162 e. The van der Waals surface area contributed by atoms with E-state index in [1.807, 2.05) is 7.05 Å².